The molecular weight excluding hydrogens is 268 g/mol. The summed E-state index contributed by atoms with van der Waals surface area (Å²) in [4.78, 5) is 20.2. The van der Waals surface area contributed by atoms with E-state index in [0.717, 1.165) is 23.7 Å². The van der Waals surface area contributed by atoms with Crippen molar-refractivity contribution in [1.82, 2.24) is 15.3 Å². The maximum atomic E-state index is 11.7. The predicted molar refractivity (Wildman–Crippen MR) is 81.6 cm³/mol. The van der Waals surface area contributed by atoms with Gasteiger partial charge in [-0.05, 0) is 25.0 Å². The van der Waals surface area contributed by atoms with E-state index < -0.39 is 0 Å². The summed E-state index contributed by atoms with van der Waals surface area (Å²) in [5, 5.41) is 7.04. The van der Waals surface area contributed by atoms with Crippen LogP contribution in [0.1, 0.15) is 19.3 Å². The van der Waals surface area contributed by atoms with Crippen molar-refractivity contribution in [3.05, 3.63) is 24.3 Å². The molecule has 0 aliphatic heterocycles. The number of carbonyl (C=O) groups excluding carboxylic acids is 1. The zero-order valence-electron chi connectivity index (χ0n) is 11.6. The van der Waals surface area contributed by atoms with Gasteiger partial charge in [0.1, 0.15) is 5.82 Å². The second kappa shape index (κ2) is 5.92. The van der Waals surface area contributed by atoms with E-state index in [0.29, 0.717) is 30.8 Å². The van der Waals surface area contributed by atoms with E-state index in [1.165, 1.54) is 0 Å². The molecule has 0 radical (unpaired) electrons. The van der Waals surface area contributed by atoms with Gasteiger partial charge in [-0.15, -0.1) is 0 Å². The van der Waals surface area contributed by atoms with Crippen LogP contribution in [0.2, 0.25) is 0 Å². The van der Waals surface area contributed by atoms with E-state index in [4.69, 9.17) is 5.84 Å². The highest BCUT2D eigenvalue weighted by molar-refractivity contribution is 5.90. The topological polar surface area (TPSA) is 105 Å². The Bertz CT molecular complexity index is 655. The molecule has 2 aromatic rings. The van der Waals surface area contributed by atoms with Gasteiger partial charge in [0.2, 0.25) is 11.9 Å². The van der Waals surface area contributed by atoms with Crippen molar-refractivity contribution in [2.75, 3.05) is 17.3 Å². The molecule has 3 rings (SSSR count). The fourth-order valence-corrected chi connectivity index (χ4v) is 2.10. The Balaban J connectivity index is 1.68. The van der Waals surface area contributed by atoms with Crippen LogP contribution in [0.4, 0.5) is 11.8 Å². The minimum atomic E-state index is 0.0699. The molecule has 1 aliphatic rings. The van der Waals surface area contributed by atoms with Gasteiger partial charge in [0.15, 0.2) is 0 Å². The van der Waals surface area contributed by atoms with Crippen molar-refractivity contribution in [1.29, 1.82) is 0 Å². The Labute approximate surface area is 122 Å². The zero-order chi connectivity index (χ0) is 14.7. The predicted octanol–water partition coefficient (Wildman–Crippen LogP) is 0.996. The number of nitrogens with zero attached hydrogens (tertiary/aromatic N) is 2. The molecule has 0 bridgehead atoms. The van der Waals surface area contributed by atoms with E-state index in [-0.39, 0.29) is 5.91 Å². The maximum absolute atomic E-state index is 11.7. The van der Waals surface area contributed by atoms with Crippen molar-refractivity contribution < 1.29 is 4.79 Å². The lowest BCUT2D eigenvalue weighted by Gasteiger charge is -2.10. The molecule has 7 heteroatoms. The van der Waals surface area contributed by atoms with Crippen LogP contribution in [0.3, 0.4) is 0 Å². The van der Waals surface area contributed by atoms with Crippen LogP contribution in [-0.4, -0.2) is 28.5 Å². The lowest BCUT2D eigenvalue weighted by Crippen LogP contribution is -2.27. The van der Waals surface area contributed by atoms with Gasteiger partial charge in [-0.2, -0.15) is 4.98 Å². The molecule has 1 heterocycles. The number of rotatable bonds is 6. The number of hydrazine groups is 1. The van der Waals surface area contributed by atoms with Gasteiger partial charge in [0.05, 0.1) is 5.52 Å². The van der Waals surface area contributed by atoms with Crippen LogP contribution in [0.25, 0.3) is 10.9 Å². The van der Waals surface area contributed by atoms with Crippen molar-refractivity contribution >= 4 is 28.6 Å². The molecule has 1 aromatic heterocycles. The number of nitrogen functional groups attached to an aromatic ring is 1. The highest BCUT2D eigenvalue weighted by Crippen LogP contribution is 2.21. The largest absolute Gasteiger partial charge is 0.369 e. The summed E-state index contributed by atoms with van der Waals surface area (Å²) in [7, 11) is 0. The van der Waals surface area contributed by atoms with Crippen molar-refractivity contribution in [2.45, 2.75) is 25.3 Å². The van der Waals surface area contributed by atoms with Gasteiger partial charge in [0.25, 0.3) is 0 Å². The average Bonchev–Trinajstić information content (AvgIpc) is 3.30. The summed E-state index contributed by atoms with van der Waals surface area (Å²) in [6.07, 6.45) is 2.61. The van der Waals surface area contributed by atoms with E-state index in [1.807, 2.05) is 24.3 Å². The molecule has 0 spiro atoms. The number of fused-ring (bicyclic) bond motifs is 1. The highest BCUT2D eigenvalue weighted by Gasteiger charge is 2.22. The van der Waals surface area contributed by atoms with Crippen molar-refractivity contribution in [2.24, 2.45) is 5.84 Å². The van der Waals surface area contributed by atoms with Crippen LogP contribution in [0.5, 0.6) is 0 Å². The van der Waals surface area contributed by atoms with Crippen molar-refractivity contribution in [3.8, 4) is 0 Å². The summed E-state index contributed by atoms with van der Waals surface area (Å²) in [6.45, 7) is 0.517. The number of aromatic nitrogens is 2. The fraction of sp³-hybridized carbons (Fsp3) is 0.357. The number of hydrogen-bond donors (Lipinski definition) is 4. The van der Waals surface area contributed by atoms with Gasteiger partial charge < -0.3 is 10.6 Å². The Morgan fingerprint density at radius 3 is 2.86 bits per heavy atom. The summed E-state index contributed by atoms with van der Waals surface area (Å²) in [5.74, 6) is 6.47. The Kier molecular flexibility index (Phi) is 3.83. The normalized spacial score (nSPS) is 14.0. The molecule has 0 atom stereocenters. The number of nitrogens with one attached hydrogen (secondary N) is 3. The van der Waals surface area contributed by atoms with Gasteiger partial charge in [-0.3, -0.25) is 10.2 Å². The molecule has 0 saturated heterocycles. The lowest BCUT2D eigenvalue weighted by molar-refractivity contribution is -0.120. The molecule has 1 saturated carbocycles. The smallest absolute Gasteiger partial charge is 0.239 e. The number of nitrogens with two attached hydrogens (primary N) is 1. The molecule has 110 valence electrons. The first-order chi connectivity index (χ1) is 10.3. The maximum Gasteiger partial charge on any atom is 0.239 e. The van der Waals surface area contributed by atoms with Gasteiger partial charge >= 0.3 is 0 Å². The molecule has 5 N–H and O–H groups in total. The Hall–Kier alpha value is -2.41. The number of para-hydroxylation sites is 1. The lowest BCUT2D eigenvalue weighted by atomic mass is 10.2. The van der Waals surface area contributed by atoms with Crippen LogP contribution in [0.15, 0.2) is 24.3 Å². The first-order valence-electron chi connectivity index (χ1n) is 7.03. The first-order valence-corrected chi connectivity index (χ1v) is 7.03. The quantitative estimate of drug-likeness (QED) is 0.466. The van der Waals surface area contributed by atoms with Crippen LogP contribution in [0, 0.1) is 0 Å². The molecule has 1 aliphatic carbocycles. The average molecular weight is 286 g/mol. The SMILES string of the molecule is NNc1nc(NCCC(=O)NC2CC2)c2ccccc2n1. The number of benzene rings is 1. The second-order valence-corrected chi connectivity index (χ2v) is 5.08. The molecular formula is C14H18N6O. The standard InChI is InChI=1S/C14H18N6O/c15-20-14-18-11-4-2-1-3-10(11)13(19-14)16-8-7-12(21)17-9-5-6-9/h1-4,9H,5-8,15H2,(H,17,21)(H2,16,18,19,20). The van der Waals surface area contributed by atoms with Crippen LogP contribution < -0.4 is 21.9 Å². The minimum Gasteiger partial charge on any atom is -0.369 e. The minimum absolute atomic E-state index is 0.0699. The van der Waals surface area contributed by atoms with E-state index in [1.54, 1.807) is 0 Å². The highest BCUT2D eigenvalue weighted by atomic mass is 16.1. The van der Waals surface area contributed by atoms with Crippen LogP contribution >= 0.6 is 0 Å². The third-order valence-electron chi connectivity index (χ3n) is 3.32. The van der Waals surface area contributed by atoms with Gasteiger partial charge in [-0.1, -0.05) is 12.1 Å². The molecule has 1 amide bonds. The Morgan fingerprint density at radius 2 is 2.10 bits per heavy atom. The Morgan fingerprint density at radius 1 is 1.29 bits per heavy atom. The molecule has 7 nitrogen and oxygen atoms in total. The summed E-state index contributed by atoms with van der Waals surface area (Å²) in [5.41, 5.74) is 3.25. The van der Waals surface area contributed by atoms with E-state index >= 15 is 0 Å². The van der Waals surface area contributed by atoms with Gasteiger partial charge in [-0.25, -0.2) is 10.8 Å². The van der Waals surface area contributed by atoms with Crippen molar-refractivity contribution in [3.63, 3.8) is 0 Å². The van der Waals surface area contributed by atoms with E-state index in [2.05, 4.69) is 26.0 Å². The zero-order valence-corrected chi connectivity index (χ0v) is 11.6. The molecule has 1 aromatic carbocycles. The number of amides is 1. The first kappa shape index (κ1) is 13.6. The number of hydrogen-bond acceptors (Lipinski definition) is 6. The molecule has 0 unspecified atom stereocenters. The summed E-state index contributed by atoms with van der Waals surface area (Å²) in [6, 6.07) is 8.05. The molecule has 21 heavy (non-hydrogen) atoms. The molecule has 1 fully saturated rings. The van der Waals surface area contributed by atoms with E-state index in [9.17, 15) is 4.79 Å². The summed E-state index contributed by atoms with van der Waals surface area (Å²) >= 11 is 0. The fourth-order valence-electron chi connectivity index (χ4n) is 2.10. The third kappa shape index (κ3) is 3.38. The second-order valence-electron chi connectivity index (χ2n) is 5.08. The number of carbonyl (C=O) groups is 1. The van der Waals surface area contributed by atoms with Crippen LogP contribution in [-0.2, 0) is 4.79 Å². The third-order valence-corrected chi connectivity index (χ3v) is 3.32. The summed E-state index contributed by atoms with van der Waals surface area (Å²) < 4.78 is 0. The monoisotopic (exact) mass is 286 g/mol. The van der Waals surface area contributed by atoms with Gasteiger partial charge in [0, 0.05) is 24.4 Å². The number of anilines is 2.